The van der Waals surface area contributed by atoms with Crippen molar-refractivity contribution in [1.29, 1.82) is 0 Å². The summed E-state index contributed by atoms with van der Waals surface area (Å²) in [5, 5.41) is 5.71. The van der Waals surface area contributed by atoms with E-state index < -0.39 is 0 Å². The van der Waals surface area contributed by atoms with Gasteiger partial charge in [-0.1, -0.05) is 6.92 Å². The van der Waals surface area contributed by atoms with Crippen molar-refractivity contribution in [2.75, 3.05) is 18.9 Å². The molecule has 0 spiro atoms. The lowest BCUT2D eigenvalue weighted by Crippen LogP contribution is -2.19. The summed E-state index contributed by atoms with van der Waals surface area (Å²) in [5.74, 6) is -0.160. The highest BCUT2D eigenvalue weighted by atomic mass is 16.1. The predicted molar refractivity (Wildman–Crippen MR) is 56.4 cm³/mol. The highest BCUT2D eigenvalue weighted by Crippen LogP contribution is 2.05. The Bertz CT molecular complexity index is 295. The lowest BCUT2D eigenvalue weighted by Gasteiger charge is -2.04. The van der Waals surface area contributed by atoms with Crippen LogP contribution in [0.1, 0.15) is 23.8 Å². The topological polar surface area (TPSA) is 54.0 Å². The van der Waals surface area contributed by atoms with Gasteiger partial charge in [0.15, 0.2) is 0 Å². The normalized spacial score (nSPS) is 9.57. The van der Waals surface area contributed by atoms with E-state index in [1.54, 1.807) is 19.3 Å². The third-order valence-corrected chi connectivity index (χ3v) is 1.80. The van der Waals surface area contributed by atoms with Crippen molar-refractivity contribution in [2.45, 2.75) is 13.3 Å². The van der Waals surface area contributed by atoms with Gasteiger partial charge >= 0.3 is 0 Å². The number of hydrogen-bond acceptors (Lipinski definition) is 3. The van der Waals surface area contributed by atoms with Crippen LogP contribution >= 0.6 is 0 Å². The van der Waals surface area contributed by atoms with Crippen molar-refractivity contribution >= 4 is 11.6 Å². The highest BCUT2D eigenvalue weighted by molar-refractivity contribution is 5.92. The molecule has 1 rings (SSSR count). The van der Waals surface area contributed by atoms with Crippen LogP contribution < -0.4 is 10.6 Å². The van der Waals surface area contributed by atoms with E-state index in [-0.39, 0.29) is 5.91 Å². The maximum atomic E-state index is 11.1. The van der Waals surface area contributed by atoms with E-state index >= 15 is 0 Å². The maximum Gasteiger partial charge on any atom is 0.269 e. The standard InChI is InChI=1S/C10H15N3O/c1-3-6-12-8-4-5-9(13-7-8)10(14)11-2/h4-5,7,12H,3,6H2,1-2H3,(H,11,14). The van der Waals surface area contributed by atoms with Gasteiger partial charge in [-0.2, -0.15) is 0 Å². The molecule has 0 aliphatic heterocycles. The molecule has 0 unspecified atom stereocenters. The minimum Gasteiger partial charge on any atom is -0.384 e. The Morgan fingerprint density at radius 2 is 2.29 bits per heavy atom. The van der Waals surface area contributed by atoms with Gasteiger partial charge in [0.2, 0.25) is 0 Å². The number of hydrogen-bond donors (Lipinski definition) is 2. The van der Waals surface area contributed by atoms with E-state index in [2.05, 4.69) is 22.5 Å². The molecule has 1 heterocycles. The lowest BCUT2D eigenvalue weighted by atomic mass is 10.3. The molecule has 1 aromatic rings. The molecule has 0 aromatic carbocycles. The summed E-state index contributed by atoms with van der Waals surface area (Å²) in [6, 6.07) is 3.56. The van der Waals surface area contributed by atoms with E-state index in [0.717, 1.165) is 18.7 Å². The van der Waals surface area contributed by atoms with Gasteiger partial charge in [0, 0.05) is 13.6 Å². The van der Waals surface area contributed by atoms with Gasteiger partial charge in [-0.25, -0.2) is 4.98 Å². The van der Waals surface area contributed by atoms with E-state index in [1.807, 2.05) is 6.07 Å². The molecule has 0 radical (unpaired) electrons. The fourth-order valence-electron chi connectivity index (χ4n) is 1.03. The fourth-order valence-corrected chi connectivity index (χ4v) is 1.03. The minimum atomic E-state index is -0.160. The molecule has 0 aliphatic carbocycles. The number of nitrogens with zero attached hydrogens (tertiary/aromatic N) is 1. The zero-order chi connectivity index (χ0) is 10.4. The van der Waals surface area contributed by atoms with Crippen LogP contribution in [-0.2, 0) is 0 Å². The number of anilines is 1. The monoisotopic (exact) mass is 193 g/mol. The Morgan fingerprint density at radius 3 is 2.79 bits per heavy atom. The first-order chi connectivity index (χ1) is 6.77. The Morgan fingerprint density at radius 1 is 1.50 bits per heavy atom. The molecule has 4 nitrogen and oxygen atoms in total. The van der Waals surface area contributed by atoms with Crippen molar-refractivity contribution in [1.82, 2.24) is 10.3 Å². The SMILES string of the molecule is CCCNc1ccc(C(=O)NC)nc1. The quantitative estimate of drug-likeness (QED) is 0.757. The fraction of sp³-hybridized carbons (Fsp3) is 0.400. The molecule has 1 amide bonds. The second-order valence-electron chi connectivity index (χ2n) is 2.94. The average molecular weight is 193 g/mol. The molecule has 0 aliphatic rings. The average Bonchev–Trinajstić information content (AvgIpc) is 2.26. The summed E-state index contributed by atoms with van der Waals surface area (Å²) in [5.41, 5.74) is 1.38. The first-order valence-corrected chi connectivity index (χ1v) is 4.70. The van der Waals surface area contributed by atoms with Crippen LogP contribution in [-0.4, -0.2) is 24.5 Å². The molecule has 76 valence electrons. The maximum absolute atomic E-state index is 11.1. The summed E-state index contributed by atoms with van der Waals surface area (Å²) >= 11 is 0. The van der Waals surface area contributed by atoms with Gasteiger partial charge in [-0.3, -0.25) is 4.79 Å². The van der Waals surface area contributed by atoms with Gasteiger partial charge in [0.1, 0.15) is 5.69 Å². The molecule has 4 heteroatoms. The summed E-state index contributed by atoms with van der Waals surface area (Å²) in [6.45, 7) is 3.01. The van der Waals surface area contributed by atoms with Gasteiger partial charge in [-0.15, -0.1) is 0 Å². The van der Waals surface area contributed by atoms with Crippen LogP contribution in [0.25, 0.3) is 0 Å². The van der Waals surface area contributed by atoms with Crippen LogP contribution in [0.2, 0.25) is 0 Å². The van der Waals surface area contributed by atoms with Crippen LogP contribution in [0.5, 0.6) is 0 Å². The van der Waals surface area contributed by atoms with Crippen LogP contribution in [0.15, 0.2) is 18.3 Å². The number of aromatic nitrogens is 1. The highest BCUT2D eigenvalue weighted by Gasteiger charge is 2.02. The van der Waals surface area contributed by atoms with Crippen LogP contribution in [0, 0.1) is 0 Å². The van der Waals surface area contributed by atoms with Crippen molar-refractivity contribution < 1.29 is 4.79 Å². The number of carbonyl (C=O) groups is 1. The summed E-state index contributed by atoms with van der Waals surface area (Å²) < 4.78 is 0. The zero-order valence-corrected chi connectivity index (χ0v) is 8.50. The first kappa shape index (κ1) is 10.5. The molecule has 0 saturated heterocycles. The summed E-state index contributed by atoms with van der Waals surface area (Å²) in [7, 11) is 1.59. The Hall–Kier alpha value is -1.58. The second kappa shape index (κ2) is 5.21. The minimum absolute atomic E-state index is 0.160. The largest absolute Gasteiger partial charge is 0.384 e. The Kier molecular flexibility index (Phi) is 3.91. The van der Waals surface area contributed by atoms with Gasteiger partial charge < -0.3 is 10.6 Å². The van der Waals surface area contributed by atoms with E-state index in [9.17, 15) is 4.79 Å². The molecule has 0 fully saturated rings. The van der Waals surface area contributed by atoms with E-state index in [4.69, 9.17) is 0 Å². The van der Waals surface area contributed by atoms with Crippen molar-refractivity contribution in [2.24, 2.45) is 0 Å². The number of carbonyl (C=O) groups excluding carboxylic acids is 1. The van der Waals surface area contributed by atoms with Crippen LogP contribution in [0.4, 0.5) is 5.69 Å². The van der Waals surface area contributed by atoms with E-state index in [1.165, 1.54) is 0 Å². The van der Waals surface area contributed by atoms with Gasteiger partial charge in [0.25, 0.3) is 5.91 Å². The zero-order valence-electron chi connectivity index (χ0n) is 8.50. The molecule has 1 aromatic heterocycles. The lowest BCUT2D eigenvalue weighted by molar-refractivity contribution is 0.0958. The first-order valence-electron chi connectivity index (χ1n) is 4.70. The molecule has 0 saturated carbocycles. The number of pyridine rings is 1. The number of rotatable bonds is 4. The van der Waals surface area contributed by atoms with Crippen LogP contribution in [0.3, 0.4) is 0 Å². The number of amides is 1. The molecular weight excluding hydrogens is 178 g/mol. The molecular formula is C10H15N3O. The van der Waals surface area contributed by atoms with Crippen molar-refractivity contribution in [3.05, 3.63) is 24.0 Å². The Balaban J connectivity index is 2.63. The van der Waals surface area contributed by atoms with Gasteiger partial charge in [0.05, 0.1) is 11.9 Å². The van der Waals surface area contributed by atoms with Gasteiger partial charge in [-0.05, 0) is 18.6 Å². The smallest absolute Gasteiger partial charge is 0.269 e. The summed E-state index contributed by atoms with van der Waals surface area (Å²) in [6.07, 6.45) is 2.73. The molecule has 0 bridgehead atoms. The third kappa shape index (κ3) is 2.73. The predicted octanol–water partition coefficient (Wildman–Crippen LogP) is 1.26. The van der Waals surface area contributed by atoms with Crippen molar-refractivity contribution in [3.63, 3.8) is 0 Å². The van der Waals surface area contributed by atoms with Crippen molar-refractivity contribution in [3.8, 4) is 0 Å². The Labute approximate surface area is 83.7 Å². The molecule has 0 atom stereocenters. The third-order valence-electron chi connectivity index (χ3n) is 1.80. The summed E-state index contributed by atoms with van der Waals surface area (Å²) in [4.78, 5) is 15.2. The number of nitrogens with one attached hydrogen (secondary N) is 2. The second-order valence-corrected chi connectivity index (χ2v) is 2.94. The molecule has 2 N–H and O–H groups in total. The van der Waals surface area contributed by atoms with E-state index in [0.29, 0.717) is 5.69 Å². The molecule has 14 heavy (non-hydrogen) atoms.